The van der Waals surface area contributed by atoms with Gasteiger partial charge in [0, 0.05) is 12.6 Å². The van der Waals surface area contributed by atoms with E-state index in [2.05, 4.69) is 4.98 Å². The Morgan fingerprint density at radius 1 is 1.33 bits per heavy atom. The zero-order valence-electron chi connectivity index (χ0n) is 13.6. The van der Waals surface area contributed by atoms with Crippen LogP contribution in [-0.2, 0) is 16.5 Å². The second kappa shape index (κ2) is 6.76. The summed E-state index contributed by atoms with van der Waals surface area (Å²) in [6, 6.07) is 2.85. The van der Waals surface area contributed by atoms with Gasteiger partial charge in [-0.15, -0.1) is 0 Å². The van der Waals surface area contributed by atoms with Crippen LogP contribution in [0.4, 0.5) is 13.6 Å². The van der Waals surface area contributed by atoms with E-state index < -0.39 is 29.5 Å². The second-order valence-electron chi connectivity index (χ2n) is 6.13. The Balaban J connectivity index is 2.44. The Morgan fingerprint density at radius 2 is 2.00 bits per heavy atom. The molecule has 0 saturated heterocycles. The van der Waals surface area contributed by atoms with Crippen LogP contribution in [0.1, 0.15) is 38.3 Å². The van der Waals surface area contributed by atoms with Crippen molar-refractivity contribution in [2.45, 2.75) is 32.5 Å². The number of ether oxygens (including phenoxy) is 2. The molecule has 0 amide bonds. The van der Waals surface area contributed by atoms with Crippen LogP contribution in [0.25, 0.3) is 0 Å². The topological polar surface area (TPSA) is 53.4 Å². The largest absolute Gasteiger partial charge is 0.509 e. The van der Waals surface area contributed by atoms with Crippen LogP contribution in [0, 0.1) is 11.6 Å². The molecule has 0 bridgehead atoms. The SMILES string of the molecule is Cn1c(Cl)cnc1C(OC(=O)OC(C)(C)C)c1cc(F)ccc1F. The molecule has 1 unspecified atom stereocenters. The minimum Gasteiger partial charge on any atom is -0.429 e. The van der Waals surface area contributed by atoms with Crippen LogP contribution in [0.3, 0.4) is 0 Å². The number of rotatable bonds is 3. The summed E-state index contributed by atoms with van der Waals surface area (Å²) >= 11 is 5.94. The first-order chi connectivity index (χ1) is 11.1. The Morgan fingerprint density at radius 3 is 2.54 bits per heavy atom. The molecule has 0 aliphatic heterocycles. The lowest BCUT2D eigenvalue weighted by Gasteiger charge is -2.23. The molecule has 0 N–H and O–H groups in total. The summed E-state index contributed by atoms with van der Waals surface area (Å²) in [6.45, 7) is 4.97. The summed E-state index contributed by atoms with van der Waals surface area (Å²) in [5.41, 5.74) is -0.993. The number of carbonyl (C=O) groups excluding carboxylic acids is 1. The fourth-order valence-corrected chi connectivity index (χ4v) is 2.12. The van der Waals surface area contributed by atoms with E-state index in [-0.39, 0.29) is 16.5 Å². The van der Waals surface area contributed by atoms with E-state index in [1.165, 1.54) is 10.8 Å². The van der Waals surface area contributed by atoms with Gasteiger partial charge in [-0.05, 0) is 39.0 Å². The zero-order valence-corrected chi connectivity index (χ0v) is 14.4. The van der Waals surface area contributed by atoms with Crippen molar-refractivity contribution in [1.29, 1.82) is 0 Å². The van der Waals surface area contributed by atoms with Gasteiger partial charge in [-0.25, -0.2) is 18.6 Å². The van der Waals surface area contributed by atoms with Crippen LogP contribution in [0.2, 0.25) is 5.15 Å². The lowest BCUT2D eigenvalue weighted by atomic mass is 10.1. The van der Waals surface area contributed by atoms with Gasteiger partial charge in [0.05, 0.1) is 6.20 Å². The molecular formula is C16H17ClF2N2O3. The van der Waals surface area contributed by atoms with E-state index in [9.17, 15) is 13.6 Å². The van der Waals surface area contributed by atoms with Gasteiger partial charge in [0.15, 0.2) is 11.9 Å². The predicted molar refractivity (Wildman–Crippen MR) is 83.7 cm³/mol. The minimum atomic E-state index is -1.31. The predicted octanol–water partition coefficient (Wildman–Crippen LogP) is 4.39. The van der Waals surface area contributed by atoms with Crippen molar-refractivity contribution < 1.29 is 23.0 Å². The fourth-order valence-electron chi connectivity index (χ4n) is 1.99. The summed E-state index contributed by atoms with van der Waals surface area (Å²) in [5, 5.41) is 0.250. The number of nitrogens with zero attached hydrogens (tertiary/aromatic N) is 2. The minimum absolute atomic E-state index is 0.135. The van der Waals surface area contributed by atoms with E-state index in [4.69, 9.17) is 21.1 Å². The van der Waals surface area contributed by atoms with Gasteiger partial charge >= 0.3 is 6.16 Å². The quantitative estimate of drug-likeness (QED) is 0.763. The summed E-state index contributed by atoms with van der Waals surface area (Å²) in [4.78, 5) is 16.0. The molecule has 24 heavy (non-hydrogen) atoms. The third-order valence-corrected chi connectivity index (χ3v) is 3.40. The molecule has 1 aromatic heterocycles. The van der Waals surface area contributed by atoms with Crippen molar-refractivity contribution in [2.75, 3.05) is 0 Å². The molecule has 130 valence electrons. The first-order valence-corrected chi connectivity index (χ1v) is 7.48. The number of halogens is 3. The molecule has 8 heteroatoms. The molecule has 2 rings (SSSR count). The third-order valence-electron chi connectivity index (χ3n) is 3.05. The molecule has 0 spiro atoms. The van der Waals surface area contributed by atoms with Gasteiger partial charge in [0.1, 0.15) is 22.4 Å². The molecule has 0 saturated carbocycles. The fraction of sp³-hybridized carbons (Fsp3) is 0.375. The van der Waals surface area contributed by atoms with Crippen molar-refractivity contribution in [3.63, 3.8) is 0 Å². The van der Waals surface area contributed by atoms with Crippen molar-refractivity contribution in [3.05, 3.63) is 52.6 Å². The van der Waals surface area contributed by atoms with Gasteiger partial charge in [-0.1, -0.05) is 11.6 Å². The zero-order chi connectivity index (χ0) is 18.1. The van der Waals surface area contributed by atoms with Crippen LogP contribution in [0.15, 0.2) is 24.4 Å². The van der Waals surface area contributed by atoms with E-state index in [0.29, 0.717) is 0 Å². The highest BCUT2D eigenvalue weighted by atomic mass is 35.5. The number of benzene rings is 1. The van der Waals surface area contributed by atoms with E-state index in [1.807, 2.05) is 0 Å². The van der Waals surface area contributed by atoms with Gasteiger partial charge < -0.3 is 14.0 Å². The molecule has 0 aliphatic rings. The highest BCUT2D eigenvalue weighted by molar-refractivity contribution is 6.29. The maximum absolute atomic E-state index is 14.2. The van der Waals surface area contributed by atoms with Crippen LogP contribution < -0.4 is 0 Å². The highest BCUT2D eigenvalue weighted by Gasteiger charge is 2.29. The molecule has 0 radical (unpaired) electrons. The first kappa shape index (κ1) is 18.2. The average Bonchev–Trinajstić information content (AvgIpc) is 2.77. The highest BCUT2D eigenvalue weighted by Crippen LogP contribution is 2.30. The molecule has 5 nitrogen and oxygen atoms in total. The molecule has 0 aliphatic carbocycles. The average molecular weight is 359 g/mol. The van der Waals surface area contributed by atoms with Gasteiger partial charge in [0.2, 0.25) is 0 Å². The van der Waals surface area contributed by atoms with Crippen LogP contribution in [0.5, 0.6) is 0 Å². The first-order valence-electron chi connectivity index (χ1n) is 7.10. The summed E-state index contributed by atoms with van der Waals surface area (Å²) in [6.07, 6.45) is -1.03. The standard InChI is InChI=1S/C16H17ClF2N2O3/c1-16(2,3)24-15(22)23-13(14-20-8-12(17)21(14)4)10-7-9(18)5-6-11(10)19/h5-8,13H,1-4H3. The smallest absolute Gasteiger partial charge is 0.429 e. The maximum Gasteiger partial charge on any atom is 0.509 e. The number of hydrogen-bond acceptors (Lipinski definition) is 4. The van der Waals surface area contributed by atoms with Crippen LogP contribution >= 0.6 is 11.6 Å². The van der Waals surface area contributed by atoms with Gasteiger partial charge in [-0.2, -0.15) is 0 Å². The summed E-state index contributed by atoms with van der Waals surface area (Å²) in [5.74, 6) is -1.29. The third kappa shape index (κ3) is 4.23. The number of hydrogen-bond donors (Lipinski definition) is 0. The van der Waals surface area contributed by atoms with Crippen molar-refractivity contribution in [3.8, 4) is 0 Å². The second-order valence-corrected chi connectivity index (χ2v) is 6.51. The summed E-state index contributed by atoms with van der Waals surface area (Å²) in [7, 11) is 1.56. The number of aromatic nitrogens is 2. The van der Waals surface area contributed by atoms with E-state index in [0.717, 1.165) is 18.2 Å². The molecule has 0 fully saturated rings. The summed E-state index contributed by atoms with van der Waals surface area (Å²) < 4.78 is 39.4. The number of carbonyl (C=O) groups is 1. The van der Waals surface area contributed by atoms with Gasteiger partial charge in [0.25, 0.3) is 0 Å². The molecule has 1 atom stereocenters. The molecule has 2 aromatic rings. The Kier molecular flexibility index (Phi) is 5.13. The van der Waals surface area contributed by atoms with Crippen LogP contribution in [-0.4, -0.2) is 21.3 Å². The van der Waals surface area contributed by atoms with Crippen molar-refractivity contribution >= 4 is 17.8 Å². The Hall–Kier alpha value is -2.15. The monoisotopic (exact) mass is 358 g/mol. The molecule has 1 heterocycles. The maximum atomic E-state index is 14.2. The van der Waals surface area contributed by atoms with Gasteiger partial charge in [-0.3, -0.25) is 0 Å². The lowest BCUT2D eigenvalue weighted by molar-refractivity contribution is -0.0224. The molecular weight excluding hydrogens is 342 g/mol. The normalized spacial score (nSPS) is 12.8. The number of imidazole rings is 1. The lowest BCUT2D eigenvalue weighted by Crippen LogP contribution is -2.27. The van der Waals surface area contributed by atoms with E-state index >= 15 is 0 Å². The Bertz CT molecular complexity index is 756. The van der Waals surface area contributed by atoms with E-state index in [1.54, 1.807) is 27.8 Å². The van der Waals surface area contributed by atoms with Crippen molar-refractivity contribution in [1.82, 2.24) is 9.55 Å². The Labute approximate surface area is 143 Å². The van der Waals surface area contributed by atoms with Crippen molar-refractivity contribution in [2.24, 2.45) is 7.05 Å². The molecule has 1 aromatic carbocycles.